The van der Waals surface area contributed by atoms with E-state index in [4.69, 9.17) is 15.4 Å². The van der Waals surface area contributed by atoms with Gasteiger partial charge in [-0.2, -0.15) is 0 Å². The summed E-state index contributed by atoms with van der Waals surface area (Å²) in [7, 11) is 0. The second kappa shape index (κ2) is 16.7. The van der Waals surface area contributed by atoms with Crippen LogP contribution in [0.3, 0.4) is 0 Å². The molecule has 3 rings (SSSR count). The normalized spacial score (nSPS) is 14.3. The van der Waals surface area contributed by atoms with Crippen molar-refractivity contribution in [3.63, 3.8) is 0 Å². The Labute approximate surface area is 239 Å². The number of hydrogen-bond donors (Lipinski definition) is 3. The van der Waals surface area contributed by atoms with Crippen molar-refractivity contribution in [2.45, 2.75) is 44.8 Å². The number of rotatable bonds is 14. The first-order valence-corrected chi connectivity index (χ1v) is 13.6. The first-order valence-electron chi connectivity index (χ1n) is 13.6. The Hall–Kier alpha value is -4.29. The number of likely N-dealkylation sites (tertiary alicyclic amines) is 1. The Balaban J connectivity index is 1.58. The number of carbonyl (C=O) groups excluding carboxylic acids is 4. The van der Waals surface area contributed by atoms with E-state index in [-0.39, 0.29) is 24.5 Å². The van der Waals surface area contributed by atoms with Gasteiger partial charge >= 0.3 is 5.97 Å². The van der Waals surface area contributed by atoms with Crippen LogP contribution in [0.15, 0.2) is 59.8 Å². The van der Waals surface area contributed by atoms with Gasteiger partial charge in [-0.3, -0.25) is 14.4 Å². The highest BCUT2D eigenvalue weighted by molar-refractivity contribution is 5.98. The number of nitrogens with one attached hydrogen (secondary N) is 2. The van der Waals surface area contributed by atoms with Crippen molar-refractivity contribution in [2.24, 2.45) is 11.1 Å². The van der Waals surface area contributed by atoms with Gasteiger partial charge in [0.1, 0.15) is 12.6 Å². The average Bonchev–Trinajstić information content (AvgIpc) is 3.01. The number of amides is 3. The van der Waals surface area contributed by atoms with Gasteiger partial charge in [0.2, 0.25) is 5.91 Å². The van der Waals surface area contributed by atoms with Gasteiger partial charge in [-0.05, 0) is 62.4 Å². The lowest BCUT2D eigenvalue weighted by atomic mass is 10.0. The molecule has 1 heterocycles. The van der Waals surface area contributed by atoms with Gasteiger partial charge in [0.25, 0.3) is 11.8 Å². The van der Waals surface area contributed by atoms with E-state index in [9.17, 15) is 19.2 Å². The van der Waals surface area contributed by atoms with E-state index >= 15 is 0 Å². The zero-order chi connectivity index (χ0) is 29.5. The Morgan fingerprint density at radius 1 is 1.02 bits per heavy atom. The summed E-state index contributed by atoms with van der Waals surface area (Å²) in [6.45, 7) is 3.11. The zero-order valence-electron chi connectivity index (χ0n) is 23.1. The molecule has 0 spiro atoms. The van der Waals surface area contributed by atoms with Gasteiger partial charge in [-0.15, -0.1) is 5.90 Å². The minimum Gasteiger partial charge on any atom is -0.464 e. The minimum atomic E-state index is -0.792. The molecule has 0 aliphatic carbocycles. The van der Waals surface area contributed by atoms with Crippen molar-refractivity contribution in [3.05, 3.63) is 71.3 Å². The largest absolute Gasteiger partial charge is 0.464 e. The summed E-state index contributed by atoms with van der Waals surface area (Å²) < 4.78 is 10.5. The summed E-state index contributed by atoms with van der Waals surface area (Å²) in [5.41, 5.74) is 1.60. The number of carbonyl (C=O) groups is 4. The average molecular weight is 568 g/mol. The van der Waals surface area contributed by atoms with Gasteiger partial charge < -0.3 is 29.9 Å². The lowest BCUT2D eigenvalue weighted by Crippen LogP contribution is -2.51. The smallest absolute Gasteiger partial charge is 0.332 e. The van der Waals surface area contributed by atoms with E-state index in [2.05, 4.69) is 20.7 Å². The molecule has 0 radical (unpaired) electrons. The van der Waals surface area contributed by atoms with Gasteiger partial charge in [0, 0.05) is 30.8 Å². The molecular formula is C29H37N5O7. The summed E-state index contributed by atoms with van der Waals surface area (Å²) in [5, 5.41) is 9.21. The van der Waals surface area contributed by atoms with E-state index in [1.165, 1.54) is 6.21 Å². The van der Waals surface area contributed by atoms with Crippen LogP contribution in [0.25, 0.3) is 0 Å². The number of piperidine rings is 1. The van der Waals surface area contributed by atoms with Crippen LogP contribution in [0, 0.1) is 0 Å². The number of benzene rings is 2. The SMILES string of the molecule is CCOC(=O)COC1CCN(C(=O)[C@H](CCCNC(=O)c2ccccc2)NC(=O)c2ccc(C=NON)cc2)CC1. The molecule has 1 atom stereocenters. The topological polar surface area (TPSA) is 162 Å². The summed E-state index contributed by atoms with van der Waals surface area (Å²) in [6.07, 6.45) is 3.18. The van der Waals surface area contributed by atoms with Crippen molar-refractivity contribution >= 4 is 29.9 Å². The van der Waals surface area contributed by atoms with Crippen LogP contribution in [0.5, 0.6) is 0 Å². The van der Waals surface area contributed by atoms with E-state index in [0.717, 1.165) is 0 Å². The molecule has 0 aromatic heterocycles. The highest BCUT2D eigenvalue weighted by Gasteiger charge is 2.30. The van der Waals surface area contributed by atoms with Crippen LogP contribution in [0.1, 0.15) is 58.9 Å². The maximum absolute atomic E-state index is 13.5. The van der Waals surface area contributed by atoms with Crippen LogP contribution in [-0.2, 0) is 24.0 Å². The maximum atomic E-state index is 13.5. The molecule has 0 saturated carbocycles. The van der Waals surface area contributed by atoms with E-state index in [1.54, 1.807) is 60.4 Å². The number of ether oxygens (including phenoxy) is 2. The molecule has 0 unspecified atom stereocenters. The molecule has 12 heteroatoms. The number of nitrogens with zero attached hydrogens (tertiary/aromatic N) is 2. The fraction of sp³-hybridized carbons (Fsp3) is 0.414. The molecule has 1 fully saturated rings. The monoisotopic (exact) mass is 567 g/mol. The van der Waals surface area contributed by atoms with Gasteiger partial charge in [-0.25, -0.2) is 4.79 Å². The molecule has 0 bridgehead atoms. The van der Waals surface area contributed by atoms with E-state index < -0.39 is 17.9 Å². The van der Waals surface area contributed by atoms with Gasteiger partial charge in [0.15, 0.2) is 0 Å². The second-order valence-electron chi connectivity index (χ2n) is 9.39. The molecule has 12 nitrogen and oxygen atoms in total. The van der Waals surface area contributed by atoms with E-state index in [1.807, 2.05) is 6.07 Å². The molecule has 2 aromatic rings. The third kappa shape index (κ3) is 10.3. The molecular weight excluding hydrogens is 530 g/mol. The van der Waals surface area contributed by atoms with E-state index in [0.29, 0.717) is 68.6 Å². The van der Waals surface area contributed by atoms with Crippen molar-refractivity contribution in [1.29, 1.82) is 0 Å². The fourth-order valence-corrected chi connectivity index (χ4v) is 4.36. The molecule has 41 heavy (non-hydrogen) atoms. The zero-order valence-corrected chi connectivity index (χ0v) is 23.1. The van der Waals surface area contributed by atoms with Crippen molar-refractivity contribution in [1.82, 2.24) is 15.5 Å². The maximum Gasteiger partial charge on any atom is 0.332 e. The summed E-state index contributed by atoms with van der Waals surface area (Å²) in [5.74, 6) is 3.67. The van der Waals surface area contributed by atoms with Gasteiger partial charge in [-0.1, -0.05) is 35.5 Å². The molecule has 1 saturated heterocycles. The molecule has 1 aliphatic heterocycles. The Morgan fingerprint density at radius 3 is 2.37 bits per heavy atom. The molecule has 220 valence electrons. The standard InChI is InChI=1S/C29H37N5O7/c1-2-39-26(35)20-40-24-14-17-34(18-15-24)29(38)25(9-6-16-31-27(36)22-7-4-3-5-8-22)33-28(37)23-12-10-21(11-13-23)19-32-41-30/h3-5,7-8,10-13,19,24-25H,2,6,9,14-18,20,30H2,1H3,(H,31,36)(H,33,37)/t25-/m0/s1. The second-order valence-corrected chi connectivity index (χ2v) is 9.39. The quantitative estimate of drug-likeness (QED) is 0.135. The Morgan fingerprint density at radius 2 is 1.71 bits per heavy atom. The first kappa shape index (κ1) is 31.2. The highest BCUT2D eigenvalue weighted by atomic mass is 16.7. The minimum absolute atomic E-state index is 0.121. The number of nitrogens with two attached hydrogens (primary N) is 1. The first-order chi connectivity index (χ1) is 19.9. The Bertz CT molecular complexity index is 1170. The van der Waals surface area contributed by atoms with Crippen LogP contribution in [0.2, 0.25) is 0 Å². The van der Waals surface area contributed by atoms with Gasteiger partial charge in [0.05, 0.1) is 18.9 Å². The predicted octanol–water partition coefficient (Wildman–Crippen LogP) is 1.79. The predicted molar refractivity (Wildman–Crippen MR) is 151 cm³/mol. The van der Waals surface area contributed by atoms with Crippen LogP contribution in [0.4, 0.5) is 0 Å². The fourth-order valence-electron chi connectivity index (χ4n) is 4.36. The highest BCUT2D eigenvalue weighted by Crippen LogP contribution is 2.16. The summed E-state index contributed by atoms with van der Waals surface area (Å²) >= 11 is 0. The number of esters is 1. The molecule has 2 aromatic carbocycles. The lowest BCUT2D eigenvalue weighted by molar-refractivity contribution is -0.152. The third-order valence-electron chi connectivity index (χ3n) is 6.53. The molecule has 1 aliphatic rings. The van der Waals surface area contributed by atoms with Crippen LogP contribution >= 0.6 is 0 Å². The lowest BCUT2D eigenvalue weighted by Gasteiger charge is -2.34. The van der Waals surface area contributed by atoms with Crippen molar-refractivity contribution in [3.8, 4) is 0 Å². The van der Waals surface area contributed by atoms with Crippen LogP contribution < -0.4 is 16.5 Å². The van der Waals surface area contributed by atoms with Crippen molar-refractivity contribution < 1.29 is 33.6 Å². The molecule has 4 N–H and O–H groups in total. The third-order valence-corrected chi connectivity index (χ3v) is 6.53. The summed E-state index contributed by atoms with van der Waals surface area (Å²) in [6, 6.07) is 14.6. The summed E-state index contributed by atoms with van der Waals surface area (Å²) in [4.78, 5) is 56.4. The van der Waals surface area contributed by atoms with Crippen molar-refractivity contribution in [2.75, 3.05) is 32.8 Å². The number of hydrogen-bond acceptors (Lipinski definition) is 9. The van der Waals surface area contributed by atoms with Crippen LogP contribution in [-0.4, -0.2) is 79.8 Å². The number of oxime groups is 1. The molecule has 3 amide bonds. The Kier molecular flexibility index (Phi) is 12.7.